The Balaban J connectivity index is 2.24. The topological polar surface area (TPSA) is 34.1 Å². The van der Waals surface area contributed by atoms with E-state index >= 15 is 0 Å². The van der Waals surface area contributed by atoms with E-state index in [2.05, 4.69) is 23.3 Å². The molecule has 0 radical (unpaired) electrons. The zero-order valence-electron chi connectivity index (χ0n) is 7.84. The highest BCUT2D eigenvalue weighted by Gasteiger charge is 2.09. The van der Waals surface area contributed by atoms with Gasteiger partial charge in [0.2, 0.25) is 0 Å². The monoisotopic (exact) mass is 178 g/mol. The summed E-state index contributed by atoms with van der Waals surface area (Å²) in [7, 11) is 0. The zero-order chi connectivity index (χ0) is 9.10. The fraction of sp³-hybridized carbons (Fsp3) is 0.500. The fourth-order valence-corrected chi connectivity index (χ4v) is 1.48. The van der Waals surface area contributed by atoms with Gasteiger partial charge in [-0.1, -0.05) is 13.3 Å². The Hall–Kier alpha value is -1.25. The molecule has 3 heteroatoms. The SMILES string of the molecule is CCCc1cc2c(cn1)OCCN2. The van der Waals surface area contributed by atoms with Gasteiger partial charge in [0.25, 0.3) is 0 Å². The Bertz CT molecular complexity index is 299. The summed E-state index contributed by atoms with van der Waals surface area (Å²) in [4.78, 5) is 4.32. The first kappa shape index (κ1) is 8.35. The Morgan fingerprint density at radius 3 is 3.38 bits per heavy atom. The van der Waals surface area contributed by atoms with Crippen LogP contribution in [0.3, 0.4) is 0 Å². The molecule has 0 saturated heterocycles. The van der Waals surface area contributed by atoms with Gasteiger partial charge in [0, 0.05) is 12.2 Å². The molecular weight excluding hydrogens is 164 g/mol. The summed E-state index contributed by atoms with van der Waals surface area (Å²) >= 11 is 0. The Kier molecular flexibility index (Phi) is 2.34. The van der Waals surface area contributed by atoms with Crippen LogP contribution in [0.25, 0.3) is 0 Å². The minimum Gasteiger partial charge on any atom is -0.488 e. The van der Waals surface area contributed by atoms with Crippen molar-refractivity contribution in [1.29, 1.82) is 0 Å². The minimum atomic E-state index is 0.738. The number of ether oxygens (including phenoxy) is 1. The van der Waals surface area contributed by atoms with Gasteiger partial charge >= 0.3 is 0 Å². The third-order valence-corrected chi connectivity index (χ3v) is 2.11. The van der Waals surface area contributed by atoms with E-state index in [-0.39, 0.29) is 0 Å². The van der Waals surface area contributed by atoms with E-state index in [1.165, 1.54) is 0 Å². The van der Waals surface area contributed by atoms with Crippen LogP contribution in [-0.4, -0.2) is 18.1 Å². The first-order valence-electron chi connectivity index (χ1n) is 4.75. The molecule has 0 unspecified atom stereocenters. The Morgan fingerprint density at radius 1 is 1.62 bits per heavy atom. The predicted molar refractivity (Wildman–Crippen MR) is 52.2 cm³/mol. The van der Waals surface area contributed by atoms with Crippen LogP contribution in [0.5, 0.6) is 5.75 Å². The highest BCUT2D eigenvalue weighted by molar-refractivity contribution is 5.57. The molecule has 0 aliphatic carbocycles. The van der Waals surface area contributed by atoms with E-state index in [1.54, 1.807) is 0 Å². The van der Waals surface area contributed by atoms with Crippen molar-refractivity contribution in [2.75, 3.05) is 18.5 Å². The van der Waals surface area contributed by atoms with Crippen molar-refractivity contribution in [2.24, 2.45) is 0 Å². The second-order valence-corrected chi connectivity index (χ2v) is 3.20. The van der Waals surface area contributed by atoms with Crippen LogP contribution in [0, 0.1) is 0 Å². The van der Waals surface area contributed by atoms with Crippen molar-refractivity contribution in [3.05, 3.63) is 18.0 Å². The van der Waals surface area contributed by atoms with Crippen molar-refractivity contribution in [2.45, 2.75) is 19.8 Å². The minimum absolute atomic E-state index is 0.738. The molecule has 1 aliphatic rings. The standard InChI is InChI=1S/C10H14N2O/c1-2-3-8-6-9-10(7-12-8)13-5-4-11-9/h6-7,11H,2-5H2,1H3. The van der Waals surface area contributed by atoms with Gasteiger partial charge in [-0.05, 0) is 12.5 Å². The summed E-state index contributed by atoms with van der Waals surface area (Å²) in [5, 5.41) is 3.30. The predicted octanol–water partition coefficient (Wildman–Crippen LogP) is 1.84. The van der Waals surface area contributed by atoms with Crippen LogP contribution in [0.4, 0.5) is 5.69 Å². The Labute approximate surface area is 78.1 Å². The van der Waals surface area contributed by atoms with Gasteiger partial charge in [-0.2, -0.15) is 0 Å². The van der Waals surface area contributed by atoms with E-state index in [0.717, 1.165) is 43.1 Å². The van der Waals surface area contributed by atoms with Crippen molar-refractivity contribution >= 4 is 5.69 Å². The summed E-state index contributed by atoms with van der Waals surface area (Å²) in [5.41, 5.74) is 2.23. The molecule has 0 spiro atoms. The molecule has 0 atom stereocenters. The second kappa shape index (κ2) is 3.64. The average Bonchev–Trinajstić information content (AvgIpc) is 2.18. The van der Waals surface area contributed by atoms with Crippen LogP contribution in [0.2, 0.25) is 0 Å². The molecule has 1 aliphatic heterocycles. The summed E-state index contributed by atoms with van der Waals surface area (Å²) in [6.07, 6.45) is 3.98. The Morgan fingerprint density at radius 2 is 2.54 bits per heavy atom. The molecule has 2 heterocycles. The number of rotatable bonds is 2. The third kappa shape index (κ3) is 1.74. The van der Waals surface area contributed by atoms with E-state index in [1.807, 2.05) is 6.20 Å². The largest absolute Gasteiger partial charge is 0.488 e. The first-order chi connectivity index (χ1) is 6.40. The first-order valence-corrected chi connectivity index (χ1v) is 4.75. The maximum absolute atomic E-state index is 5.43. The highest BCUT2D eigenvalue weighted by Crippen LogP contribution is 2.26. The van der Waals surface area contributed by atoms with Gasteiger partial charge in [0.15, 0.2) is 5.75 Å². The van der Waals surface area contributed by atoms with Gasteiger partial charge in [-0.25, -0.2) is 0 Å². The molecule has 0 saturated carbocycles. The normalized spacial score (nSPS) is 14.2. The number of anilines is 1. The van der Waals surface area contributed by atoms with Crippen LogP contribution in [0.1, 0.15) is 19.0 Å². The molecule has 1 aromatic rings. The van der Waals surface area contributed by atoms with Gasteiger partial charge in [0.05, 0.1) is 11.9 Å². The van der Waals surface area contributed by atoms with E-state index < -0.39 is 0 Å². The van der Waals surface area contributed by atoms with Gasteiger partial charge in [-0.3, -0.25) is 4.98 Å². The molecule has 13 heavy (non-hydrogen) atoms. The van der Waals surface area contributed by atoms with Crippen molar-refractivity contribution in [3.8, 4) is 5.75 Å². The molecule has 70 valence electrons. The molecule has 0 amide bonds. The summed E-state index contributed by atoms with van der Waals surface area (Å²) in [6.45, 7) is 3.79. The maximum Gasteiger partial charge on any atom is 0.160 e. The highest BCUT2D eigenvalue weighted by atomic mass is 16.5. The number of hydrogen-bond acceptors (Lipinski definition) is 3. The van der Waals surface area contributed by atoms with E-state index in [4.69, 9.17) is 4.74 Å². The lowest BCUT2D eigenvalue weighted by Gasteiger charge is -2.18. The van der Waals surface area contributed by atoms with Crippen molar-refractivity contribution < 1.29 is 4.74 Å². The lowest BCUT2D eigenvalue weighted by molar-refractivity contribution is 0.321. The molecule has 1 N–H and O–H groups in total. The molecule has 3 nitrogen and oxygen atoms in total. The summed E-state index contributed by atoms with van der Waals surface area (Å²) in [5.74, 6) is 0.881. The number of pyridine rings is 1. The summed E-state index contributed by atoms with van der Waals surface area (Å²) in [6, 6.07) is 2.08. The number of nitrogens with one attached hydrogen (secondary N) is 1. The smallest absolute Gasteiger partial charge is 0.160 e. The molecule has 2 rings (SSSR count). The number of aryl methyl sites for hydroxylation is 1. The molecule has 0 bridgehead atoms. The third-order valence-electron chi connectivity index (χ3n) is 2.11. The average molecular weight is 178 g/mol. The van der Waals surface area contributed by atoms with Crippen molar-refractivity contribution in [1.82, 2.24) is 4.98 Å². The van der Waals surface area contributed by atoms with Crippen LogP contribution in [0.15, 0.2) is 12.3 Å². The fourth-order valence-electron chi connectivity index (χ4n) is 1.48. The van der Waals surface area contributed by atoms with Crippen LogP contribution < -0.4 is 10.1 Å². The number of fused-ring (bicyclic) bond motifs is 1. The van der Waals surface area contributed by atoms with E-state index in [9.17, 15) is 0 Å². The molecule has 0 aromatic carbocycles. The maximum atomic E-state index is 5.43. The van der Waals surface area contributed by atoms with Crippen molar-refractivity contribution in [3.63, 3.8) is 0 Å². The molecule has 1 aromatic heterocycles. The van der Waals surface area contributed by atoms with Gasteiger partial charge < -0.3 is 10.1 Å². The molecule has 0 fully saturated rings. The molecular formula is C10H14N2O. The zero-order valence-corrected chi connectivity index (χ0v) is 7.84. The second-order valence-electron chi connectivity index (χ2n) is 3.20. The number of aromatic nitrogens is 1. The van der Waals surface area contributed by atoms with Gasteiger partial charge in [0.1, 0.15) is 6.61 Å². The van der Waals surface area contributed by atoms with Crippen LogP contribution in [-0.2, 0) is 6.42 Å². The lowest BCUT2D eigenvalue weighted by atomic mass is 10.2. The van der Waals surface area contributed by atoms with Crippen LogP contribution >= 0.6 is 0 Å². The number of hydrogen-bond donors (Lipinski definition) is 1. The lowest BCUT2D eigenvalue weighted by Crippen LogP contribution is -2.18. The quantitative estimate of drug-likeness (QED) is 0.750. The summed E-state index contributed by atoms with van der Waals surface area (Å²) < 4.78 is 5.43. The van der Waals surface area contributed by atoms with Gasteiger partial charge in [-0.15, -0.1) is 0 Å². The van der Waals surface area contributed by atoms with E-state index in [0.29, 0.717) is 0 Å². The number of nitrogens with zero attached hydrogens (tertiary/aromatic N) is 1.